The highest BCUT2D eigenvalue weighted by Crippen LogP contribution is 2.38. The zero-order valence-corrected chi connectivity index (χ0v) is 23.2. The lowest BCUT2D eigenvalue weighted by atomic mass is 10.1. The van der Waals surface area contributed by atoms with Gasteiger partial charge in [-0.3, -0.25) is 4.98 Å². The van der Waals surface area contributed by atoms with Crippen LogP contribution in [0, 0.1) is 19.8 Å². The summed E-state index contributed by atoms with van der Waals surface area (Å²) in [6.45, 7) is 5.23. The Balaban J connectivity index is 1.47. The molecule has 5 atom stereocenters. The van der Waals surface area contributed by atoms with Crippen LogP contribution in [0.25, 0.3) is 20.8 Å². The van der Waals surface area contributed by atoms with Crippen molar-refractivity contribution >= 4 is 33.3 Å². The minimum atomic E-state index is -4.78. The zero-order valence-electron chi connectivity index (χ0n) is 22.3. The smallest absolute Gasteiger partial charge is 0.406 e. The Morgan fingerprint density at radius 1 is 1.10 bits per heavy atom. The number of aliphatic hydroxyl groups excluding tert-OH is 3. The predicted octanol–water partition coefficient (Wildman–Crippen LogP) is 4.35. The Kier molecular flexibility index (Phi) is 8.01. The number of aryl methyl sites for hydroxylation is 2. The van der Waals surface area contributed by atoms with E-state index >= 15 is 0 Å². The number of hydrogen-bond donors (Lipinski definition) is 5. The standard InChI is InChI=1S/C27H29F3N6O4S/c1-12-8-20-19(10-31-12)35-25(41-20)21-14(3)33-26(36-24(21)34-18-9-16(11-37)22(38)23(18)39)32-13(2)15-4-6-17(7-5-15)40-27(28,29)30/h4-8,10,13,16,18,22-23,37-39H,9,11H2,1-3H3,(H2,32,33,34,36)/t13-,16-,18?,22-,23+/m1/s1. The lowest BCUT2D eigenvalue weighted by Crippen LogP contribution is -2.35. The van der Waals surface area contributed by atoms with Gasteiger partial charge in [0.2, 0.25) is 5.95 Å². The number of thiazole rings is 1. The van der Waals surface area contributed by atoms with Gasteiger partial charge < -0.3 is 30.7 Å². The Labute approximate surface area is 237 Å². The van der Waals surface area contributed by atoms with Gasteiger partial charge in [-0.1, -0.05) is 12.1 Å². The Morgan fingerprint density at radius 3 is 2.49 bits per heavy atom. The highest BCUT2D eigenvalue weighted by atomic mass is 32.1. The van der Waals surface area contributed by atoms with Gasteiger partial charge in [-0.15, -0.1) is 24.5 Å². The van der Waals surface area contributed by atoms with Crippen LogP contribution < -0.4 is 15.4 Å². The first kappa shape index (κ1) is 28.9. The molecule has 14 heteroatoms. The van der Waals surface area contributed by atoms with Crippen LogP contribution in [0.1, 0.15) is 36.3 Å². The summed E-state index contributed by atoms with van der Waals surface area (Å²) in [5, 5.41) is 37.7. The number of anilines is 2. The molecule has 3 aromatic heterocycles. The first-order valence-corrected chi connectivity index (χ1v) is 13.7. The third kappa shape index (κ3) is 6.35. The van der Waals surface area contributed by atoms with Gasteiger partial charge >= 0.3 is 6.36 Å². The summed E-state index contributed by atoms with van der Waals surface area (Å²) in [5.74, 6) is -0.203. The maximum absolute atomic E-state index is 12.5. The Morgan fingerprint density at radius 2 is 1.83 bits per heavy atom. The maximum atomic E-state index is 12.5. The monoisotopic (exact) mass is 590 g/mol. The first-order valence-electron chi connectivity index (χ1n) is 12.9. The zero-order chi connectivity index (χ0) is 29.5. The van der Waals surface area contributed by atoms with Crippen molar-refractivity contribution < 1.29 is 33.2 Å². The molecule has 1 aromatic carbocycles. The molecule has 1 unspecified atom stereocenters. The average Bonchev–Trinajstić information content (AvgIpc) is 3.43. The van der Waals surface area contributed by atoms with Gasteiger partial charge in [0.05, 0.1) is 40.3 Å². The molecular weight excluding hydrogens is 561 g/mol. The molecular formula is C27H29F3N6O4S. The lowest BCUT2D eigenvalue weighted by molar-refractivity contribution is -0.274. The van der Waals surface area contributed by atoms with Crippen LogP contribution in [0.15, 0.2) is 36.5 Å². The second kappa shape index (κ2) is 11.4. The quantitative estimate of drug-likeness (QED) is 0.201. The Bertz CT molecular complexity index is 1530. The fourth-order valence-corrected chi connectivity index (χ4v) is 6.03. The molecule has 0 bridgehead atoms. The summed E-state index contributed by atoms with van der Waals surface area (Å²) in [7, 11) is 0. The van der Waals surface area contributed by atoms with E-state index in [2.05, 4.69) is 25.3 Å². The molecule has 1 saturated carbocycles. The minimum absolute atomic E-state index is 0.238. The van der Waals surface area contributed by atoms with E-state index in [0.717, 1.165) is 10.4 Å². The van der Waals surface area contributed by atoms with Crippen molar-refractivity contribution in [1.29, 1.82) is 0 Å². The van der Waals surface area contributed by atoms with E-state index < -0.39 is 30.5 Å². The van der Waals surface area contributed by atoms with Crippen molar-refractivity contribution in [3.63, 3.8) is 0 Å². The number of aromatic nitrogens is 4. The summed E-state index contributed by atoms with van der Waals surface area (Å²) in [5.41, 5.74) is 3.44. The van der Waals surface area contributed by atoms with Crippen LogP contribution in [-0.4, -0.2) is 66.5 Å². The van der Waals surface area contributed by atoms with Crippen molar-refractivity contribution in [2.75, 3.05) is 17.2 Å². The van der Waals surface area contributed by atoms with E-state index in [1.807, 2.05) is 19.9 Å². The van der Waals surface area contributed by atoms with Gasteiger partial charge in [0.1, 0.15) is 28.2 Å². The number of halogens is 3. The van der Waals surface area contributed by atoms with Gasteiger partial charge in [-0.05, 0) is 51.0 Å². The largest absolute Gasteiger partial charge is 0.573 e. The summed E-state index contributed by atoms with van der Waals surface area (Å²) >= 11 is 1.44. The number of alkyl halides is 3. The molecule has 0 amide bonds. The van der Waals surface area contributed by atoms with E-state index in [1.54, 1.807) is 13.1 Å². The molecule has 218 valence electrons. The number of nitrogens with zero attached hydrogens (tertiary/aromatic N) is 4. The van der Waals surface area contributed by atoms with E-state index in [9.17, 15) is 28.5 Å². The summed E-state index contributed by atoms with van der Waals surface area (Å²) < 4.78 is 42.5. The number of nitrogens with one attached hydrogen (secondary N) is 2. The van der Waals surface area contributed by atoms with Crippen molar-refractivity contribution in [2.45, 2.75) is 57.8 Å². The van der Waals surface area contributed by atoms with Crippen LogP contribution in [0.5, 0.6) is 5.75 Å². The van der Waals surface area contributed by atoms with E-state index in [0.29, 0.717) is 39.6 Å². The van der Waals surface area contributed by atoms with E-state index in [4.69, 9.17) is 9.97 Å². The first-order chi connectivity index (χ1) is 19.4. The summed E-state index contributed by atoms with van der Waals surface area (Å²) in [6.07, 6.45) is -5.00. The van der Waals surface area contributed by atoms with E-state index in [-0.39, 0.29) is 24.3 Å². The number of pyridine rings is 1. The SMILES string of the molecule is Cc1cc2sc(-c3c(C)nc(N[C@H](C)c4ccc(OC(F)(F)F)cc4)nc3NC3C[C@H](CO)[C@@H](O)[C@H]3O)nc2cn1. The molecule has 1 fully saturated rings. The summed E-state index contributed by atoms with van der Waals surface area (Å²) in [4.78, 5) is 18.4. The topological polar surface area (TPSA) is 146 Å². The van der Waals surface area contributed by atoms with Gasteiger partial charge in [0.25, 0.3) is 0 Å². The van der Waals surface area contributed by atoms with Gasteiger partial charge in [0.15, 0.2) is 0 Å². The fraction of sp³-hybridized carbons (Fsp3) is 0.407. The van der Waals surface area contributed by atoms with Gasteiger partial charge in [-0.25, -0.2) is 9.97 Å². The van der Waals surface area contributed by atoms with Crippen LogP contribution in [0.2, 0.25) is 0 Å². The molecule has 3 heterocycles. The molecule has 0 aliphatic heterocycles. The van der Waals surface area contributed by atoms with Gasteiger partial charge in [0, 0.05) is 18.2 Å². The summed E-state index contributed by atoms with van der Waals surface area (Å²) in [6, 6.07) is 6.45. The highest BCUT2D eigenvalue weighted by Gasteiger charge is 2.41. The van der Waals surface area contributed by atoms with Crippen LogP contribution in [0.3, 0.4) is 0 Å². The number of rotatable bonds is 8. The molecule has 41 heavy (non-hydrogen) atoms. The molecule has 10 nitrogen and oxygen atoms in total. The molecule has 1 aliphatic carbocycles. The van der Waals surface area contributed by atoms with Crippen LogP contribution in [0.4, 0.5) is 24.9 Å². The normalized spacial score (nSPS) is 21.7. The lowest BCUT2D eigenvalue weighted by Gasteiger charge is -2.22. The molecule has 0 saturated heterocycles. The highest BCUT2D eigenvalue weighted by molar-refractivity contribution is 7.21. The molecule has 0 radical (unpaired) electrons. The fourth-order valence-electron chi connectivity index (χ4n) is 4.89. The number of hydrogen-bond acceptors (Lipinski definition) is 11. The van der Waals surface area contributed by atoms with Gasteiger partial charge in [-0.2, -0.15) is 4.98 Å². The molecule has 5 rings (SSSR count). The number of benzene rings is 1. The van der Waals surface area contributed by atoms with Crippen LogP contribution in [-0.2, 0) is 0 Å². The van der Waals surface area contributed by atoms with Crippen molar-refractivity contribution in [3.8, 4) is 16.3 Å². The maximum Gasteiger partial charge on any atom is 0.573 e. The second-order valence-corrected chi connectivity index (χ2v) is 11.1. The Hall–Kier alpha value is -3.59. The third-order valence-corrected chi connectivity index (χ3v) is 8.07. The number of ether oxygens (including phenoxy) is 1. The predicted molar refractivity (Wildman–Crippen MR) is 148 cm³/mol. The molecule has 1 aliphatic rings. The molecule has 0 spiro atoms. The van der Waals surface area contributed by atoms with Crippen molar-refractivity contribution in [3.05, 3.63) is 53.5 Å². The molecule has 4 aromatic rings. The minimum Gasteiger partial charge on any atom is -0.406 e. The van der Waals surface area contributed by atoms with Crippen molar-refractivity contribution in [2.24, 2.45) is 5.92 Å². The number of aliphatic hydroxyl groups is 3. The van der Waals surface area contributed by atoms with Crippen LogP contribution >= 0.6 is 11.3 Å². The molecule has 5 N–H and O–H groups in total. The average molecular weight is 591 g/mol. The third-order valence-electron chi connectivity index (χ3n) is 7.03. The number of fused-ring (bicyclic) bond motifs is 1. The second-order valence-electron chi connectivity index (χ2n) is 10.1. The van der Waals surface area contributed by atoms with E-state index in [1.165, 1.54) is 35.6 Å². The van der Waals surface area contributed by atoms with Crippen molar-refractivity contribution in [1.82, 2.24) is 19.9 Å².